The average molecular weight is 290 g/mol. The van der Waals surface area contributed by atoms with Crippen molar-refractivity contribution in [2.75, 3.05) is 6.54 Å². The number of amides is 1. The van der Waals surface area contributed by atoms with Crippen molar-refractivity contribution in [1.82, 2.24) is 20.6 Å². The molecule has 0 saturated heterocycles. The molecule has 0 aliphatic carbocycles. The van der Waals surface area contributed by atoms with Crippen molar-refractivity contribution in [3.8, 4) is 0 Å². The second-order valence-electron chi connectivity index (χ2n) is 5.53. The lowest BCUT2D eigenvalue weighted by atomic mass is 10.1. The summed E-state index contributed by atoms with van der Waals surface area (Å²) in [5.41, 5.74) is 2.25. The van der Waals surface area contributed by atoms with Gasteiger partial charge in [-0.05, 0) is 24.6 Å². The fourth-order valence-corrected chi connectivity index (χ4v) is 2.19. The van der Waals surface area contributed by atoms with Crippen LogP contribution in [0.2, 0.25) is 0 Å². The number of rotatable bonds is 6. The van der Waals surface area contributed by atoms with Crippen LogP contribution in [0.3, 0.4) is 0 Å². The molecular weight excluding hydrogens is 268 g/mol. The zero-order valence-corrected chi connectivity index (χ0v) is 12.6. The number of benzene rings is 1. The first-order valence-electron chi connectivity index (χ1n) is 7.20. The van der Waals surface area contributed by atoms with E-state index in [1.165, 1.54) is 0 Å². The molecule has 21 heavy (non-hydrogen) atoms. The van der Waals surface area contributed by atoms with Gasteiger partial charge in [0, 0.05) is 19.0 Å². The third-order valence-corrected chi connectivity index (χ3v) is 3.32. The van der Waals surface area contributed by atoms with Gasteiger partial charge in [-0.1, -0.05) is 19.9 Å². The Bertz CT molecular complexity index is 672. The molecule has 2 aromatic rings. The Morgan fingerprint density at radius 3 is 2.62 bits per heavy atom. The number of carbonyl (C=O) groups excluding carboxylic acids is 1. The smallest absolute Gasteiger partial charge is 0.323 e. The maximum Gasteiger partial charge on any atom is 0.323 e. The molecule has 1 aromatic heterocycles. The number of aromatic nitrogens is 2. The maximum absolute atomic E-state index is 11.9. The average Bonchev–Trinajstić information content (AvgIpc) is 2.76. The first kappa shape index (κ1) is 15.3. The van der Waals surface area contributed by atoms with Crippen LogP contribution in [-0.2, 0) is 4.79 Å². The van der Waals surface area contributed by atoms with Crippen LogP contribution >= 0.6 is 0 Å². The Morgan fingerprint density at radius 2 is 1.90 bits per heavy atom. The molecule has 1 amide bonds. The number of nitrogens with one attached hydrogen (secondary N) is 4. The molecule has 0 radical (unpaired) electrons. The quantitative estimate of drug-likeness (QED) is 0.648. The molecule has 114 valence electrons. The fourth-order valence-electron chi connectivity index (χ4n) is 2.19. The minimum atomic E-state index is -0.224. The minimum Gasteiger partial charge on any atom is -0.350 e. The predicted octanol–water partition coefficient (Wildman–Crippen LogP) is 1.42. The number of aromatic amines is 2. The maximum atomic E-state index is 11.9. The highest BCUT2D eigenvalue weighted by Crippen LogP contribution is 2.16. The third-order valence-electron chi connectivity index (χ3n) is 3.32. The van der Waals surface area contributed by atoms with Gasteiger partial charge in [0.05, 0.1) is 17.1 Å². The highest BCUT2D eigenvalue weighted by atomic mass is 16.1. The summed E-state index contributed by atoms with van der Waals surface area (Å²) in [6.07, 6.45) is 0.450. The fraction of sp³-hybridized carbons (Fsp3) is 0.467. The monoisotopic (exact) mass is 290 g/mol. The van der Waals surface area contributed by atoms with E-state index in [1.807, 2.05) is 39.0 Å². The molecule has 2 rings (SSSR count). The predicted molar refractivity (Wildman–Crippen MR) is 83.2 cm³/mol. The van der Waals surface area contributed by atoms with Gasteiger partial charge >= 0.3 is 5.69 Å². The summed E-state index contributed by atoms with van der Waals surface area (Å²) in [5, 5.41) is 6.17. The summed E-state index contributed by atoms with van der Waals surface area (Å²) in [6.45, 7) is 6.70. The molecule has 1 unspecified atom stereocenters. The molecule has 1 heterocycles. The second-order valence-corrected chi connectivity index (χ2v) is 5.53. The molecule has 0 spiro atoms. The van der Waals surface area contributed by atoms with Crippen molar-refractivity contribution in [3.63, 3.8) is 0 Å². The number of hydrogen-bond donors (Lipinski definition) is 4. The number of fused-ring (bicyclic) bond motifs is 1. The van der Waals surface area contributed by atoms with E-state index >= 15 is 0 Å². The Kier molecular flexibility index (Phi) is 4.80. The van der Waals surface area contributed by atoms with Crippen LogP contribution in [0.4, 0.5) is 0 Å². The van der Waals surface area contributed by atoms with Gasteiger partial charge in [-0.3, -0.25) is 4.79 Å². The molecule has 4 N–H and O–H groups in total. The lowest BCUT2D eigenvalue weighted by Crippen LogP contribution is -2.31. The van der Waals surface area contributed by atoms with Gasteiger partial charge in [-0.2, -0.15) is 0 Å². The number of imidazole rings is 1. The van der Waals surface area contributed by atoms with E-state index < -0.39 is 0 Å². The van der Waals surface area contributed by atoms with Gasteiger partial charge in [0.2, 0.25) is 5.91 Å². The molecule has 0 saturated carbocycles. The number of hydrogen-bond acceptors (Lipinski definition) is 3. The van der Waals surface area contributed by atoms with Crippen molar-refractivity contribution in [3.05, 3.63) is 34.2 Å². The van der Waals surface area contributed by atoms with E-state index in [-0.39, 0.29) is 17.6 Å². The lowest BCUT2D eigenvalue weighted by molar-refractivity contribution is -0.121. The summed E-state index contributed by atoms with van der Waals surface area (Å²) in [4.78, 5) is 28.5. The zero-order valence-electron chi connectivity index (χ0n) is 12.6. The SMILES string of the molecule is CC(C)NCCC(=O)NC(C)c1ccc2[nH]c(=O)[nH]c2c1. The van der Waals surface area contributed by atoms with Gasteiger partial charge in [0.15, 0.2) is 0 Å². The molecule has 6 nitrogen and oxygen atoms in total. The van der Waals surface area contributed by atoms with E-state index in [1.54, 1.807) is 0 Å². The summed E-state index contributed by atoms with van der Waals surface area (Å²) in [5.74, 6) is 0.0123. The van der Waals surface area contributed by atoms with E-state index in [9.17, 15) is 9.59 Å². The van der Waals surface area contributed by atoms with E-state index in [0.29, 0.717) is 19.0 Å². The zero-order chi connectivity index (χ0) is 15.4. The summed E-state index contributed by atoms with van der Waals surface area (Å²) in [7, 11) is 0. The Morgan fingerprint density at radius 1 is 1.19 bits per heavy atom. The highest BCUT2D eigenvalue weighted by Gasteiger charge is 2.10. The second kappa shape index (κ2) is 6.58. The molecule has 6 heteroatoms. The highest BCUT2D eigenvalue weighted by molar-refractivity contribution is 5.78. The van der Waals surface area contributed by atoms with Gasteiger partial charge in [0.1, 0.15) is 0 Å². The van der Waals surface area contributed by atoms with Crippen molar-refractivity contribution >= 4 is 16.9 Å². The molecular formula is C15H22N4O2. The van der Waals surface area contributed by atoms with Crippen molar-refractivity contribution in [1.29, 1.82) is 0 Å². The van der Waals surface area contributed by atoms with Gasteiger partial charge in [0.25, 0.3) is 0 Å². The molecule has 0 bridgehead atoms. The first-order valence-corrected chi connectivity index (χ1v) is 7.20. The third kappa shape index (κ3) is 4.19. The van der Waals surface area contributed by atoms with Crippen LogP contribution in [0, 0.1) is 0 Å². The molecule has 0 aliphatic rings. The molecule has 1 atom stereocenters. The van der Waals surface area contributed by atoms with Gasteiger partial charge in [-0.25, -0.2) is 4.79 Å². The van der Waals surface area contributed by atoms with Crippen molar-refractivity contribution in [2.45, 2.75) is 39.3 Å². The first-order chi connectivity index (χ1) is 9.95. The van der Waals surface area contributed by atoms with Crippen LogP contribution in [0.5, 0.6) is 0 Å². The minimum absolute atomic E-state index is 0.0123. The topological polar surface area (TPSA) is 89.8 Å². The van der Waals surface area contributed by atoms with E-state index in [4.69, 9.17) is 0 Å². The number of carbonyl (C=O) groups is 1. The van der Waals surface area contributed by atoms with E-state index in [2.05, 4.69) is 20.6 Å². The van der Waals surface area contributed by atoms with Crippen molar-refractivity contribution in [2.24, 2.45) is 0 Å². The Hall–Kier alpha value is -2.08. The molecule has 1 aromatic carbocycles. The van der Waals surface area contributed by atoms with Crippen LogP contribution in [0.25, 0.3) is 11.0 Å². The normalized spacial score (nSPS) is 12.8. The standard InChI is InChI=1S/C15H22N4O2/c1-9(2)16-7-6-14(20)17-10(3)11-4-5-12-13(8-11)19-15(21)18-12/h4-5,8-10,16H,6-7H2,1-3H3,(H,17,20)(H2,18,19,21). The Balaban J connectivity index is 1.96. The molecule has 0 fully saturated rings. The van der Waals surface area contributed by atoms with Gasteiger partial charge < -0.3 is 20.6 Å². The molecule has 0 aliphatic heterocycles. The van der Waals surface area contributed by atoms with Crippen LogP contribution in [0.15, 0.2) is 23.0 Å². The summed E-state index contributed by atoms with van der Waals surface area (Å²) >= 11 is 0. The van der Waals surface area contributed by atoms with E-state index in [0.717, 1.165) is 16.6 Å². The van der Waals surface area contributed by atoms with Crippen LogP contribution in [-0.4, -0.2) is 28.5 Å². The lowest BCUT2D eigenvalue weighted by Gasteiger charge is -2.15. The summed E-state index contributed by atoms with van der Waals surface area (Å²) in [6, 6.07) is 5.90. The van der Waals surface area contributed by atoms with Crippen LogP contribution < -0.4 is 16.3 Å². The number of H-pyrrole nitrogens is 2. The summed E-state index contributed by atoms with van der Waals surface area (Å²) < 4.78 is 0. The van der Waals surface area contributed by atoms with Crippen molar-refractivity contribution < 1.29 is 4.79 Å². The largest absolute Gasteiger partial charge is 0.350 e. The van der Waals surface area contributed by atoms with Crippen LogP contribution in [0.1, 0.15) is 38.8 Å². The van der Waals surface area contributed by atoms with Gasteiger partial charge in [-0.15, -0.1) is 0 Å². The Labute approximate surface area is 123 Å².